The first-order chi connectivity index (χ1) is 10.0. The second-order valence-corrected chi connectivity index (χ2v) is 6.28. The van der Waals surface area contributed by atoms with E-state index in [0.717, 1.165) is 24.2 Å². The molecule has 1 aliphatic rings. The van der Waals surface area contributed by atoms with Gasteiger partial charge in [0, 0.05) is 10.9 Å². The van der Waals surface area contributed by atoms with Crippen LogP contribution in [0.25, 0.3) is 11.0 Å². The fraction of sp³-hybridized carbons (Fsp3) is 0.500. The topological polar surface area (TPSA) is 54.4 Å². The molecule has 0 aliphatic carbocycles. The highest BCUT2D eigenvalue weighted by Crippen LogP contribution is 2.35. The van der Waals surface area contributed by atoms with Crippen LogP contribution in [-0.2, 0) is 0 Å². The number of nitrogens with two attached hydrogens (primary N) is 1. The van der Waals surface area contributed by atoms with Crippen LogP contribution in [0.5, 0.6) is 0 Å². The molecular formula is C16H22FN3O. The van der Waals surface area contributed by atoms with Gasteiger partial charge in [0.2, 0.25) is 0 Å². The number of hydrazine groups is 1. The molecule has 1 aromatic heterocycles. The molecule has 114 valence electrons. The minimum absolute atomic E-state index is 0.147. The van der Waals surface area contributed by atoms with Crippen molar-refractivity contribution in [3.8, 4) is 0 Å². The van der Waals surface area contributed by atoms with Crippen molar-refractivity contribution in [1.29, 1.82) is 0 Å². The predicted octanol–water partition coefficient (Wildman–Crippen LogP) is 2.95. The van der Waals surface area contributed by atoms with E-state index in [9.17, 15) is 4.39 Å². The molecule has 5 heteroatoms. The lowest BCUT2D eigenvalue weighted by Gasteiger charge is -2.40. The predicted molar refractivity (Wildman–Crippen MR) is 81.1 cm³/mol. The van der Waals surface area contributed by atoms with Gasteiger partial charge in [0.15, 0.2) is 0 Å². The number of rotatable bonds is 4. The molecule has 1 fully saturated rings. The van der Waals surface area contributed by atoms with Gasteiger partial charge in [-0.25, -0.2) is 9.82 Å². The Balaban J connectivity index is 1.97. The molecule has 0 amide bonds. The summed E-state index contributed by atoms with van der Waals surface area (Å²) in [6.45, 7) is 6.47. The van der Waals surface area contributed by atoms with Crippen molar-refractivity contribution in [3.05, 3.63) is 35.8 Å². The number of benzene rings is 1. The minimum Gasteiger partial charge on any atom is -0.459 e. The van der Waals surface area contributed by atoms with Crippen LogP contribution in [0.15, 0.2) is 28.7 Å². The lowest BCUT2D eigenvalue weighted by Crippen LogP contribution is -2.53. The zero-order chi connectivity index (χ0) is 15.0. The number of likely N-dealkylation sites (tertiary alicyclic amines) is 1. The summed E-state index contributed by atoms with van der Waals surface area (Å²) in [4.78, 5) is 2.42. The number of hydrogen-bond donors (Lipinski definition) is 2. The lowest BCUT2D eigenvalue weighted by molar-refractivity contribution is 0.0972. The van der Waals surface area contributed by atoms with E-state index >= 15 is 0 Å². The van der Waals surface area contributed by atoms with E-state index in [2.05, 4.69) is 24.2 Å². The number of fused-ring (bicyclic) bond motifs is 1. The Morgan fingerprint density at radius 2 is 2.00 bits per heavy atom. The van der Waals surface area contributed by atoms with Crippen LogP contribution in [0.1, 0.15) is 38.5 Å². The Kier molecular flexibility index (Phi) is 3.73. The molecule has 21 heavy (non-hydrogen) atoms. The zero-order valence-electron chi connectivity index (χ0n) is 12.5. The van der Waals surface area contributed by atoms with Crippen molar-refractivity contribution >= 4 is 11.0 Å². The van der Waals surface area contributed by atoms with E-state index in [-0.39, 0.29) is 17.4 Å². The molecule has 2 heterocycles. The van der Waals surface area contributed by atoms with Crippen molar-refractivity contribution < 1.29 is 8.81 Å². The van der Waals surface area contributed by atoms with Crippen molar-refractivity contribution in [2.75, 3.05) is 13.1 Å². The van der Waals surface area contributed by atoms with Crippen LogP contribution in [0.3, 0.4) is 0 Å². The van der Waals surface area contributed by atoms with Gasteiger partial charge in [0.05, 0.1) is 6.04 Å². The molecule has 0 bridgehead atoms. The van der Waals surface area contributed by atoms with E-state index in [1.54, 1.807) is 6.07 Å². The van der Waals surface area contributed by atoms with E-state index in [0.29, 0.717) is 5.58 Å². The lowest BCUT2D eigenvalue weighted by atomic mass is 9.91. The van der Waals surface area contributed by atoms with Crippen LogP contribution in [-0.4, -0.2) is 23.5 Å². The Morgan fingerprint density at radius 1 is 1.29 bits per heavy atom. The van der Waals surface area contributed by atoms with Gasteiger partial charge in [-0.2, -0.15) is 0 Å². The second kappa shape index (κ2) is 5.40. The number of nitrogens with one attached hydrogen (secondary N) is 1. The fourth-order valence-corrected chi connectivity index (χ4v) is 3.29. The van der Waals surface area contributed by atoms with E-state index in [1.807, 2.05) is 6.07 Å². The second-order valence-electron chi connectivity index (χ2n) is 6.28. The normalized spacial score (nSPS) is 18.5. The standard InChI is InChI=1S/C16H22FN3O/c1-16(2,20-7-3-4-8-20)15(19-18)14-10-11-9-12(17)5-6-13(11)21-14/h5-6,9-10,15,19H,3-4,7-8,18H2,1-2H3. The Bertz CT molecular complexity index is 631. The summed E-state index contributed by atoms with van der Waals surface area (Å²) in [5.74, 6) is 6.29. The smallest absolute Gasteiger partial charge is 0.134 e. The highest BCUT2D eigenvalue weighted by molar-refractivity contribution is 5.78. The average molecular weight is 291 g/mol. The Morgan fingerprint density at radius 3 is 2.67 bits per heavy atom. The molecule has 0 saturated carbocycles. The molecular weight excluding hydrogens is 269 g/mol. The van der Waals surface area contributed by atoms with Crippen LogP contribution < -0.4 is 11.3 Å². The average Bonchev–Trinajstić information content (AvgIpc) is 3.07. The van der Waals surface area contributed by atoms with Crippen molar-refractivity contribution in [3.63, 3.8) is 0 Å². The maximum absolute atomic E-state index is 13.3. The number of halogens is 1. The summed E-state index contributed by atoms with van der Waals surface area (Å²) >= 11 is 0. The van der Waals surface area contributed by atoms with Crippen LogP contribution >= 0.6 is 0 Å². The van der Waals surface area contributed by atoms with Gasteiger partial charge in [-0.15, -0.1) is 0 Å². The third kappa shape index (κ3) is 2.57. The summed E-state index contributed by atoms with van der Waals surface area (Å²) in [6.07, 6.45) is 2.43. The van der Waals surface area contributed by atoms with Crippen LogP contribution in [0.4, 0.5) is 4.39 Å². The number of hydrogen-bond acceptors (Lipinski definition) is 4. The first kappa shape index (κ1) is 14.5. The molecule has 3 rings (SSSR count). The summed E-state index contributed by atoms with van der Waals surface area (Å²) in [7, 11) is 0. The SMILES string of the molecule is CC(C)(C(NN)c1cc2cc(F)ccc2o1)N1CCCC1. The molecule has 1 unspecified atom stereocenters. The highest BCUT2D eigenvalue weighted by atomic mass is 19.1. The summed E-state index contributed by atoms with van der Waals surface area (Å²) in [5.41, 5.74) is 3.40. The first-order valence-electron chi connectivity index (χ1n) is 7.42. The van der Waals surface area contributed by atoms with Gasteiger partial charge in [0.1, 0.15) is 17.2 Å². The van der Waals surface area contributed by atoms with Crippen molar-refractivity contribution in [2.45, 2.75) is 38.3 Å². The molecule has 1 aliphatic heterocycles. The molecule has 2 aromatic rings. The molecule has 0 spiro atoms. The van der Waals surface area contributed by atoms with E-state index < -0.39 is 0 Å². The monoisotopic (exact) mass is 291 g/mol. The third-order valence-corrected chi connectivity index (χ3v) is 4.58. The van der Waals surface area contributed by atoms with Gasteiger partial charge in [-0.3, -0.25) is 10.7 Å². The zero-order valence-corrected chi connectivity index (χ0v) is 12.5. The maximum atomic E-state index is 13.3. The van der Waals surface area contributed by atoms with Gasteiger partial charge < -0.3 is 4.42 Å². The molecule has 3 N–H and O–H groups in total. The van der Waals surface area contributed by atoms with E-state index in [1.165, 1.54) is 25.0 Å². The van der Waals surface area contributed by atoms with Crippen molar-refractivity contribution in [2.24, 2.45) is 5.84 Å². The third-order valence-electron chi connectivity index (χ3n) is 4.58. The highest BCUT2D eigenvalue weighted by Gasteiger charge is 2.39. The van der Waals surface area contributed by atoms with Crippen LogP contribution in [0, 0.1) is 5.82 Å². The molecule has 0 radical (unpaired) electrons. The summed E-state index contributed by atoms with van der Waals surface area (Å²) in [6, 6.07) is 6.28. The van der Waals surface area contributed by atoms with Crippen molar-refractivity contribution in [1.82, 2.24) is 10.3 Å². The summed E-state index contributed by atoms with van der Waals surface area (Å²) in [5, 5.41) is 0.766. The fourth-order valence-electron chi connectivity index (χ4n) is 3.29. The number of furan rings is 1. The summed E-state index contributed by atoms with van der Waals surface area (Å²) < 4.78 is 19.2. The van der Waals surface area contributed by atoms with Gasteiger partial charge in [-0.1, -0.05) is 0 Å². The molecule has 1 saturated heterocycles. The van der Waals surface area contributed by atoms with Gasteiger partial charge in [-0.05, 0) is 64.0 Å². The van der Waals surface area contributed by atoms with Gasteiger partial charge >= 0.3 is 0 Å². The quantitative estimate of drug-likeness (QED) is 0.672. The Hall–Kier alpha value is -1.43. The maximum Gasteiger partial charge on any atom is 0.134 e. The van der Waals surface area contributed by atoms with Crippen LogP contribution in [0.2, 0.25) is 0 Å². The van der Waals surface area contributed by atoms with Gasteiger partial charge in [0.25, 0.3) is 0 Å². The molecule has 1 atom stereocenters. The van der Waals surface area contributed by atoms with E-state index in [4.69, 9.17) is 10.3 Å². The Labute approximate surface area is 124 Å². The minimum atomic E-state index is -0.258. The first-order valence-corrected chi connectivity index (χ1v) is 7.42. The number of nitrogens with zero attached hydrogens (tertiary/aromatic N) is 1. The largest absolute Gasteiger partial charge is 0.459 e. The molecule has 1 aromatic carbocycles. The molecule has 4 nitrogen and oxygen atoms in total.